The fourth-order valence-electron chi connectivity index (χ4n) is 3.81. The average molecular weight is 346 g/mol. The van der Waals surface area contributed by atoms with Gasteiger partial charge < -0.3 is 9.59 Å². The van der Waals surface area contributed by atoms with Crippen LogP contribution in [0.5, 0.6) is 0 Å². The third-order valence-electron chi connectivity index (χ3n) is 5.06. The summed E-state index contributed by atoms with van der Waals surface area (Å²) in [5.41, 5.74) is 6.58. The van der Waals surface area contributed by atoms with Gasteiger partial charge in [-0.25, -0.2) is 0 Å². The highest BCUT2D eigenvalue weighted by Gasteiger charge is 2.13. The Kier molecular flexibility index (Phi) is 3.81. The largest absolute Gasteiger partial charge is 0.450 e. The summed E-state index contributed by atoms with van der Waals surface area (Å²) in [5.74, 6) is 0. The van der Waals surface area contributed by atoms with Crippen molar-refractivity contribution in [1.82, 2.24) is 4.57 Å². The van der Waals surface area contributed by atoms with Crippen molar-refractivity contribution in [3.05, 3.63) is 97.1 Å². The standard InChI is InChI=1S/C24H17BNO/c27-25-19-9-6-10-20(16-19)26-23-12-5-4-11-21(23)22-15-18(13-14-24(22)26)17-7-2-1-3-8-17/h1-16,27H. The van der Waals surface area contributed by atoms with E-state index in [1.165, 1.54) is 21.9 Å². The first-order valence-electron chi connectivity index (χ1n) is 9.02. The van der Waals surface area contributed by atoms with Gasteiger partial charge in [0.05, 0.1) is 11.0 Å². The van der Waals surface area contributed by atoms with Crippen molar-refractivity contribution < 1.29 is 5.02 Å². The molecule has 5 rings (SSSR count). The van der Waals surface area contributed by atoms with Crippen LogP contribution in [0.25, 0.3) is 38.6 Å². The molecule has 0 spiro atoms. The van der Waals surface area contributed by atoms with E-state index >= 15 is 0 Å². The Morgan fingerprint density at radius 1 is 0.593 bits per heavy atom. The lowest BCUT2D eigenvalue weighted by Gasteiger charge is -2.09. The minimum Gasteiger partial charge on any atom is -0.450 e. The van der Waals surface area contributed by atoms with E-state index in [9.17, 15) is 5.02 Å². The Balaban J connectivity index is 1.82. The van der Waals surface area contributed by atoms with Gasteiger partial charge in [0.2, 0.25) is 0 Å². The Morgan fingerprint density at radius 3 is 2.22 bits per heavy atom. The number of rotatable bonds is 3. The molecule has 0 aliphatic rings. The van der Waals surface area contributed by atoms with Crippen molar-refractivity contribution in [2.75, 3.05) is 0 Å². The predicted molar refractivity (Wildman–Crippen MR) is 114 cm³/mol. The minimum absolute atomic E-state index is 0.791. The van der Waals surface area contributed by atoms with Crippen molar-refractivity contribution in [3.63, 3.8) is 0 Å². The van der Waals surface area contributed by atoms with Gasteiger partial charge in [-0.3, -0.25) is 0 Å². The fourth-order valence-corrected chi connectivity index (χ4v) is 3.81. The third-order valence-corrected chi connectivity index (χ3v) is 5.06. The molecule has 1 radical (unpaired) electrons. The number of aromatic nitrogens is 1. The molecule has 0 saturated heterocycles. The van der Waals surface area contributed by atoms with Gasteiger partial charge in [-0.2, -0.15) is 0 Å². The van der Waals surface area contributed by atoms with Crippen molar-refractivity contribution in [3.8, 4) is 16.8 Å². The number of benzene rings is 4. The molecular formula is C24H17BNO. The molecule has 5 aromatic rings. The number of fused-ring (bicyclic) bond motifs is 3. The zero-order valence-corrected chi connectivity index (χ0v) is 14.7. The molecule has 0 fully saturated rings. The van der Waals surface area contributed by atoms with Crippen LogP contribution in [-0.4, -0.2) is 17.1 Å². The van der Waals surface area contributed by atoms with E-state index in [4.69, 9.17) is 0 Å². The van der Waals surface area contributed by atoms with Gasteiger partial charge in [-0.05, 0) is 41.5 Å². The molecule has 27 heavy (non-hydrogen) atoms. The number of hydrogen-bond donors (Lipinski definition) is 1. The Hall–Kier alpha value is -3.30. The molecule has 0 aliphatic carbocycles. The Labute approximate surface area is 158 Å². The molecule has 0 unspecified atom stereocenters. The van der Waals surface area contributed by atoms with E-state index in [-0.39, 0.29) is 0 Å². The molecular weight excluding hydrogens is 329 g/mol. The van der Waals surface area contributed by atoms with Gasteiger partial charge in [0.1, 0.15) is 0 Å². The second-order valence-electron chi connectivity index (χ2n) is 6.67. The van der Waals surface area contributed by atoms with Crippen LogP contribution >= 0.6 is 0 Å². The van der Waals surface area contributed by atoms with Crippen LogP contribution in [0.3, 0.4) is 0 Å². The fraction of sp³-hybridized carbons (Fsp3) is 0. The van der Waals surface area contributed by atoms with Crippen LogP contribution in [0.2, 0.25) is 0 Å². The first-order valence-corrected chi connectivity index (χ1v) is 9.02. The van der Waals surface area contributed by atoms with Crippen molar-refractivity contribution >= 4 is 34.8 Å². The summed E-state index contributed by atoms with van der Waals surface area (Å²) in [6.45, 7) is 0. The maximum atomic E-state index is 9.41. The van der Waals surface area contributed by atoms with Crippen LogP contribution in [0.4, 0.5) is 0 Å². The summed E-state index contributed by atoms with van der Waals surface area (Å²) in [7, 11) is 1.14. The van der Waals surface area contributed by atoms with E-state index in [0.29, 0.717) is 0 Å². The monoisotopic (exact) mass is 346 g/mol. The van der Waals surface area contributed by atoms with Crippen molar-refractivity contribution in [2.24, 2.45) is 0 Å². The number of nitrogens with zero attached hydrogens (tertiary/aromatic N) is 1. The van der Waals surface area contributed by atoms with Crippen LogP contribution in [0, 0.1) is 0 Å². The zero-order chi connectivity index (χ0) is 18.2. The lowest BCUT2D eigenvalue weighted by atomic mass is 9.88. The van der Waals surface area contributed by atoms with Gasteiger partial charge in [-0.15, -0.1) is 0 Å². The molecule has 3 heteroatoms. The summed E-state index contributed by atoms with van der Waals surface area (Å²) in [6.07, 6.45) is 0. The van der Waals surface area contributed by atoms with E-state index in [0.717, 1.165) is 29.7 Å². The second kappa shape index (κ2) is 6.46. The van der Waals surface area contributed by atoms with Gasteiger partial charge in [0.25, 0.3) is 0 Å². The summed E-state index contributed by atoms with van der Waals surface area (Å²) in [5, 5.41) is 11.9. The molecule has 1 aromatic heterocycles. The Bertz CT molecular complexity index is 1260. The van der Waals surface area contributed by atoms with Gasteiger partial charge in [0, 0.05) is 16.5 Å². The van der Waals surface area contributed by atoms with Gasteiger partial charge >= 0.3 is 7.48 Å². The SMILES string of the molecule is O[B]c1cccc(-n2c3ccccc3c3cc(-c4ccccc4)ccc32)c1. The van der Waals surface area contributed by atoms with E-state index in [1.54, 1.807) is 0 Å². The van der Waals surface area contributed by atoms with E-state index in [1.807, 2.05) is 24.3 Å². The van der Waals surface area contributed by atoms with Crippen LogP contribution in [0.1, 0.15) is 0 Å². The number of hydrogen-bond acceptors (Lipinski definition) is 1. The maximum absolute atomic E-state index is 9.41. The molecule has 2 nitrogen and oxygen atoms in total. The van der Waals surface area contributed by atoms with Gasteiger partial charge in [0.15, 0.2) is 0 Å². The highest BCUT2D eigenvalue weighted by Crippen LogP contribution is 2.34. The highest BCUT2D eigenvalue weighted by atomic mass is 16.2. The summed E-state index contributed by atoms with van der Waals surface area (Å²) in [6, 6.07) is 33.5. The summed E-state index contributed by atoms with van der Waals surface area (Å²) < 4.78 is 2.26. The van der Waals surface area contributed by atoms with Crippen LogP contribution < -0.4 is 5.46 Å². The molecule has 1 heterocycles. The zero-order valence-electron chi connectivity index (χ0n) is 14.7. The molecule has 127 valence electrons. The highest BCUT2D eigenvalue weighted by molar-refractivity contribution is 6.45. The molecule has 0 amide bonds. The lowest BCUT2D eigenvalue weighted by molar-refractivity contribution is 0.615. The Morgan fingerprint density at radius 2 is 1.37 bits per heavy atom. The topological polar surface area (TPSA) is 25.2 Å². The average Bonchev–Trinajstić information content (AvgIpc) is 3.08. The molecule has 0 atom stereocenters. The van der Waals surface area contributed by atoms with Crippen molar-refractivity contribution in [1.29, 1.82) is 0 Å². The third kappa shape index (κ3) is 2.64. The smallest absolute Gasteiger partial charge is 0.326 e. The predicted octanol–water partition coefficient (Wildman–Crippen LogP) is 4.69. The molecule has 0 aliphatic heterocycles. The number of para-hydroxylation sites is 1. The molecule has 1 N–H and O–H groups in total. The van der Waals surface area contributed by atoms with E-state index in [2.05, 4.69) is 77.4 Å². The van der Waals surface area contributed by atoms with Crippen LogP contribution in [-0.2, 0) is 0 Å². The lowest BCUT2D eigenvalue weighted by Crippen LogP contribution is -2.13. The van der Waals surface area contributed by atoms with Crippen molar-refractivity contribution in [2.45, 2.75) is 0 Å². The first kappa shape index (κ1) is 15.9. The normalized spacial score (nSPS) is 11.1. The van der Waals surface area contributed by atoms with E-state index < -0.39 is 0 Å². The van der Waals surface area contributed by atoms with Crippen LogP contribution in [0.15, 0.2) is 97.1 Å². The first-order chi connectivity index (χ1) is 13.3. The van der Waals surface area contributed by atoms with Gasteiger partial charge in [-0.1, -0.05) is 72.2 Å². The molecule has 4 aromatic carbocycles. The maximum Gasteiger partial charge on any atom is 0.326 e. The molecule has 0 saturated carbocycles. The second-order valence-corrected chi connectivity index (χ2v) is 6.67. The minimum atomic E-state index is 0.791. The summed E-state index contributed by atoms with van der Waals surface area (Å²) in [4.78, 5) is 0. The molecule has 0 bridgehead atoms. The summed E-state index contributed by atoms with van der Waals surface area (Å²) >= 11 is 0. The quantitative estimate of drug-likeness (QED) is 0.471.